The number of hydrogen-bond acceptors (Lipinski definition) is 6. The minimum Gasteiger partial charge on any atom is -1.00 e. The molecule has 0 bridgehead atoms. The van der Waals surface area contributed by atoms with Crippen LogP contribution < -0.4 is 48.2 Å². The van der Waals surface area contributed by atoms with Gasteiger partial charge in [-0.2, -0.15) is 6.42 Å². The molecule has 10 heteroatoms. The zero-order valence-electron chi connectivity index (χ0n) is 30.3. The number of unbranched alkanes of at least 4 members (excludes halogenated alkanes) is 2. The summed E-state index contributed by atoms with van der Waals surface area (Å²) in [6, 6.07) is 0. The monoisotopic (exact) mass is 752 g/mol. The molecule has 8 atom stereocenters. The second-order valence-electron chi connectivity index (χ2n) is 13.4. The number of nitrogens with one attached hydrogen (secondary N) is 1. The van der Waals surface area contributed by atoms with Gasteiger partial charge < -0.3 is 67.0 Å². The molecule has 3 saturated heterocycles. The first-order valence-corrected chi connectivity index (χ1v) is 16.8. The van der Waals surface area contributed by atoms with Crippen LogP contribution >= 0.6 is 0 Å². The summed E-state index contributed by atoms with van der Waals surface area (Å²) >= 11 is 0. The number of carbonyl (C=O) groups is 2. The first kappa shape index (κ1) is 45.4. The molecular formula is C36H62ILiN2O6-2. The number of halogens is 1. The number of carbonyl (C=O) groups excluding carboxylic acids is 2. The molecule has 3 aliphatic rings. The van der Waals surface area contributed by atoms with Crippen molar-refractivity contribution in [2.75, 3.05) is 33.4 Å². The number of allylic oxidation sites excluding steroid dienone is 3. The molecule has 0 aromatic carbocycles. The Hall–Kier alpha value is -0.573. The van der Waals surface area contributed by atoms with Gasteiger partial charge in [-0.15, -0.1) is 0 Å². The quantitative estimate of drug-likeness (QED) is 0.0599. The van der Waals surface area contributed by atoms with E-state index in [2.05, 4.69) is 71.5 Å². The number of amides is 2. The Bertz CT molecular complexity index is 941. The molecule has 3 heterocycles. The molecule has 0 saturated carbocycles. The van der Waals surface area contributed by atoms with Crippen molar-refractivity contribution in [3.63, 3.8) is 0 Å². The van der Waals surface area contributed by atoms with Crippen LogP contribution in [0.3, 0.4) is 0 Å². The van der Waals surface area contributed by atoms with Crippen molar-refractivity contribution < 1.29 is 71.4 Å². The van der Waals surface area contributed by atoms with Gasteiger partial charge in [0.1, 0.15) is 0 Å². The maximum Gasteiger partial charge on any atom is 1.00 e. The predicted molar refractivity (Wildman–Crippen MR) is 177 cm³/mol. The van der Waals surface area contributed by atoms with Crippen molar-refractivity contribution in [3.8, 4) is 0 Å². The molecule has 3 aliphatic heterocycles. The van der Waals surface area contributed by atoms with Crippen molar-refractivity contribution in [2.45, 2.75) is 129 Å². The Morgan fingerprint density at radius 2 is 1.93 bits per heavy atom. The minimum absolute atomic E-state index is 0. The molecule has 0 unspecified atom stereocenters. The van der Waals surface area contributed by atoms with Crippen LogP contribution in [0.1, 0.15) is 99.3 Å². The fourth-order valence-electron chi connectivity index (χ4n) is 6.83. The molecule has 0 radical (unpaired) electrons. The molecule has 0 aromatic heterocycles. The van der Waals surface area contributed by atoms with E-state index in [9.17, 15) is 9.59 Å². The summed E-state index contributed by atoms with van der Waals surface area (Å²) in [5, 5.41) is 3.07. The van der Waals surface area contributed by atoms with E-state index in [4.69, 9.17) is 18.9 Å². The number of likely N-dealkylation sites (tertiary alicyclic amines) is 1. The number of hydrogen-bond donors (Lipinski definition) is 1. The zero-order valence-corrected chi connectivity index (χ0v) is 32.5. The normalized spacial score (nSPS) is 27.9. The SMILES string of the molecule is CC[C@H](OC)[C@@H](C)[C@H]1O[C@]1(C)C[C@H](C)/C=C/C=C(\C)[C@H]1O[C@@H](CNC(=O)CCCCCOC(=O)N2C[CH-]CC2)CC[C@@H]1C.[CH3-].[I-].[Li+]. The van der Waals surface area contributed by atoms with Crippen molar-refractivity contribution in [3.05, 3.63) is 37.6 Å². The standard InChI is InChI=1S/C35H59N2O6.CH3.HI.Li/c1-8-30(40-7)28(5)33-35(6,43-33)23-25(2)15-14-16-26(3)32-27(4)18-19-29(42-32)24-36-31(38)17-10-9-13-22-41-34(39)37-20-11-12-21-37;;;/h11,14-16,25,27-30,32-33H,8-10,12-13,17-24H2,1-7H3,(H,36,38);1H3;1H;/q2*-1;;+1/p-1/b15-14+,26-16+;;;/t25-,27+,28-,29-,30+,32-,33-,35-;;;/m1.../s1. The van der Waals surface area contributed by atoms with Gasteiger partial charge in [0.15, 0.2) is 0 Å². The van der Waals surface area contributed by atoms with E-state index in [1.54, 1.807) is 12.0 Å². The first-order valence-electron chi connectivity index (χ1n) is 16.8. The van der Waals surface area contributed by atoms with Crippen molar-refractivity contribution >= 4 is 12.0 Å². The van der Waals surface area contributed by atoms with E-state index in [1.165, 1.54) is 5.57 Å². The largest absolute Gasteiger partial charge is 1.00 e. The third-order valence-electron chi connectivity index (χ3n) is 9.50. The van der Waals surface area contributed by atoms with Gasteiger partial charge in [0.05, 0.1) is 36.6 Å². The zero-order chi connectivity index (χ0) is 31.4. The van der Waals surface area contributed by atoms with Crippen LogP contribution in [0, 0.1) is 31.6 Å². The third-order valence-corrected chi connectivity index (χ3v) is 9.50. The predicted octanol–water partition coefficient (Wildman–Crippen LogP) is 1.10. The number of ether oxygens (including phenoxy) is 4. The summed E-state index contributed by atoms with van der Waals surface area (Å²) < 4.78 is 23.6. The Balaban J connectivity index is 0.00000675. The molecule has 1 N–H and O–H groups in total. The molecule has 46 heavy (non-hydrogen) atoms. The number of nitrogens with zero attached hydrogens (tertiary/aromatic N) is 1. The second kappa shape index (κ2) is 22.9. The van der Waals surface area contributed by atoms with E-state index in [-0.39, 0.29) is 92.3 Å². The summed E-state index contributed by atoms with van der Waals surface area (Å²) in [6.45, 7) is 15.7. The number of rotatable bonds is 17. The van der Waals surface area contributed by atoms with E-state index in [0.717, 1.165) is 57.9 Å². The van der Waals surface area contributed by atoms with Crippen LogP contribution in [-0.4, -0.2) is 80.3 Å². The summed E-state index contributed by atoms with van der Waals surface area (Å²) in [6.07, 6.45) is 17.0. The van der Waals surface area contributed by atoms with Gasteiger partial charge >= 0.3 is 25.0 Å². The molecule has 262 valence electrons. The Labute approximate surface area is 310 Å². The van der Waals surface area contributed by atoms with Crippen LogP contribution in [0.2, 0.25) is 0 Å². The van der Waals surface area contributed by atoms with Crippen molar-refractivity contribution in [2.24, 2.45) is 17.8 Å². The fourth-order valence-corrected chi connectivity index (χ4v) is 6.83. The van der Waals surface area contributed by atoms with Crippen molar-refractivity contribution in [1.82, 2.24) is 10.2 Å². The van der Waals surface area contributed by atoms with Crippen LogP contribution in [0.5, 0.6) is 0 Å². The molecule has 8 nitrogen and oxygen atoms in total. The minimum atomic E-state index is -0.229. The Morgan fingerprint density at radius 3 is 2.59 bits per heavy atom. The molecular weight excluding hydrogens is 690 g/mol. The Kier molecular flexibility index (Phi) is 22.7. The van der Waals surface area contributed by atoms with Crippen molar-refractivity contribution in [1.29, 1.82) is 0 Å². The van der Waals surface area contributed by atoms with E-state index in [1.807, 2.05) is 0 Å². The van der Waals surface area contributed by atoms with Gasteiger partial charge in [0, 0.05) is 26.0 Å². The van der Waals surface area contributed by atoms with Crippen LogP contribution in [0.25, 0.3) is 0 Å². The average Bonchev–Trinajstić information content (AvgIpc) is 3.35. The topological polar surface area (TPSA) is 89.6 Å². The summed E-state index contributed by atoms with van der Waals surface area (Å²) in [5.41, 5.74) is 1.15. The Morgan fingerprint density at radius 1 is 1.20 bits per heavy atom. The number of epoxide rings is 1. The van der Waals surface area contributed by atoms with Crippen LogP contribution in [0.15, 0.2) is 23.8 Å². The van der Waals surface area contributed by atoms with E-state index >= 15 is 0 Å². The molecule has 0 spiro atoms. The molecule has 0 aromatic rings. The van der Waals surface area contributed by atoms with E-state index in [0.29, 0.717) is 43.9 Å². The van der Waals surface area contributed by atoms with Gasteiger partial charge in [-0.25, -0.2) is 4.79 Å². The van der Waals surface area contributed by atoms with Gasteiger partial charge in [0.2, 0.25) is 5.91 Å². The third kappa shape index (κ3) is 14.5. The number of methoxy groups -OCH3 is 1. The van der Waals surface area contributed by atoms with Gasteiger partial charge in [-0.3, -0.25) is 4.79 Å². The van der Waals surface area contributed by atoms with Crippen LogP contribution in [-0.2, 0) is 23.7 Å². The summed E-state index contributed by atoms with van der Waals surface area (Å²) in [7, 11) is 1.79. The molecule has 0 aliphatic carbocycles. The first-order chi connectivity index (χ1) is 20.6. The smallest absolute Gasteiger partial charge is 1.00 e. The fraction of sp³-hybridized carbons (Fsp3) is 0.778. The van der Waals surface area contributed by atoms with E-state index < -0.39 is 0 Å². The molecule has 3 rings (SSSR count). The van der Waals surface area contributed by atoms with Gasteiger partial charge in [-0.1, -0.05) is 52.5 Å². The summed E-state index contributed by atoms with van der Waals surface area (Å²) in [4.78, 5) is 26.0. The summed E-state index contributed by atoms with van der Waals surface area (Å²) in [5.74, 6) is 1.30. The molecule has 3 fully saturated rings. The van der Waals surface area contributed by atoms with Gasteiger partial charge in [-0.05, 0) is 82.7 Å². The maximum absolute atomic E-state index is 12.4. The second-order valence-corrected chi connectivity index (χ2v) is 13.4. The molecule has 2 amide bonds. The van der Waals surface area contributed by atoms with Crippen LogP contribution in [0.4, 0.5) is 4.79 Å². The maximum atomic E-state index is 12.4. The average molecular weight is 753 g/mol. The van der Waals surface area contributed by atoms with Gasteiger partial charge in [0.25, 0.3) is 0 Å².